The minimum absolute atomic E-state index is 0.0257. The molecule has 0 aliphatic heterocycles. The van der Waals surface area contributed by atoms with Crippen LogP contribution in [-0.4, -0.2) is 14.8 Å². The van der Waals surface area contributed by atoms with Crippen LogP contribution in [-0.2, 0) is 13.5 Å². The van der Waals surface area contributed by atoms with Gasteiger partial charge in [-0.15, -0.1) is 11.3 Å². The summed E-state index contributed by atoms with van der Waals surface area (Å²) in [5.74, 6) is 0.905. The molecule has 0 aliphatic carbocycles. The fourth-order valence-corrected chi connectivity index (χ4v) is 3.04. The third kappa shape index (κ3) is 2.27. The molecule has 0 spiro atoms. The molecule has 2 rings (SSSR count). The summed E-state index contributed by atoms with van der Waals surface area (Å²) < 4.78 is 2.82. The van der Waals surface area contributed by atoms with E-state index >= 15 is 0 Å². The monoisotopic (exact) mass is 286 g/mol. The van der Waals surface area contributed by atoms with Gasteiger partial charge in [-0.1, -0.05) is 0 Å². The average molecular weight is 287 g/mol. The molecule has 4 nitrogen and oxygen atoms in total. The zero-order valence-corrected chi connectivity index (χ0v) is 10.6. The molecule has 0 saturated carbocycles. The fourth-order valence-electron chi connectivity index (χ4n) is 1.36. The summed E-state index contributed by atoms with van der Waals surface area (Å²) in [6.45, 7) is 0. The van der Waals surface area contributed by atoms with Crippen LogP contribution in [0.3, 0.4) is 0 Å². The molecule has 2 N–H and O–H groups in total. The van der Waals surface area contributed by atoms with Crippen LogP contribution < -0.4 is 5.73 Å². The molecule has 2 aromatic heterocycles. The van der Waals surface area contributed by atoms with Crippen LogP contribution in [0.1, 0.15) is 16.7 Å². The van der Waals surface area contributed by atoms with E-state index < -0.39 is 0 Å². The summed E-state index contributed by atoms with van der Waals surface area (Å²) in [5, 5.41) is 6.04. The number of nitrogens with two attached hydrogens (primary N) is 1. The number of nitrogens with zero attached hydrogens (tertiary/aromatic N) is 3. The second-order valence-corrected chi connectivity index (χ2v) is 5.05. The van der Waals surface area contributed by atoms with E-state index in [-0.39, 0.29) is 6.04 Å². The van der Waals surface area contributed by atoms with Crippen molar-refractivity contribution in [3.63, 3.8) is 0 Å². The van der Waals surface area contributed by atoms with E-state index in [0.29, 0.717) is 6.42 Å². The number of thiophene rings is 1. The van der Waals surface area contributed by atoms with Gasteiger partial charge in [0.05, 0.1) is 0 Å². The number of aromatic nitrogens is 3. The first kappa shape index (κ1) is 10.8. The summed E-state index contributed by atoms with van der Waals surface area (Å²) in [6.07, 6.45) is 2.25. The maximum absolute atomic E-state index is 6.10. The van der Waals surface area contributed by atoms with E-state index in [1.54, 1.807) is 22.3 Å². The van der Waals surface area contributed by atoms with Gasteiger partial charge < -0.3 is 5.73 Å². The van der Waals surface area contributed by atoms with Crippen LogP contribution in [0.15, 0.2) is 22.2 Å². The predicted octanol–water partition coefficient (Wildman–Crippen LogP) is 1.88. The topological polar surface area (TPSA) is 56.7 Å². The van der Waals surface area contributed by atoms with Crippen molar-refractivity contribution < 1.29 is 0 Å². The molecule has 0 bridgehead atoms. The Labute approximate surface area is 100 Å². The van der Waals surface area contributed by atoms with Crippen LogP contribution in [0.2, 0.25) is 0 Å². The van der Waals surface area contributed by atoms with Gasteiger partial charge in [0.15, 0.2) is 0 Å². The number of hydrogen-bond donors (Lipinski definition) is 1. The summed E-state index contributed by atoms with van der Waals surface area (Å²) in [4.78, 5) is 5.31. The van der Waals surface area contributed by atoms with Gasteiger partial charge in [-0.05, 0) is 27.4 Å². The van der Waals surface area contributed by atoms with Gasteiger partial charge in [0.1, 0.15) is 12.2 Å². The molecule has 1 atom stereocenters. The third-order valence-corrected chi connectivity index (χ3v) is 4.19. The lowest BCUT2D eigenvalue weighted by atomic mass is 10.2. The van der Waals surface area contributed by atoms with Crippen LogP contribution in [0, 0.1) is 0 Å². The third-order valence-electron chi connectivity index (χ3n) is 2.19. The van der Waals surface area contributed by atoms with Gasteiger partial charge in [0, 0.05) is 28.9 Å². The first-order valence-electron chi connectivity index (χ1n) is 4.50. The highest BCUT2D eigenvalue weighted by molar-refractivity contribution is 9.10. The molecule has 0 amide bonds. The Kier molecular flexibility index (Phi) is 3.18. The van der Waals surface area contributed by atoms with Crippen LogP contribution in [0.4, 0.5) is 0 Å². The van der Waals surface area contributed by atoms with Crippen LogP contribution in [0.25, 0.3) is 0 Å². The van der Waals surface area contributed by atoms with Gasteiger partial charge >= 0.3 is 0 Å². The van der Waals surface area contributed by atoms with Crippen molar-refractivity contribution in [3.8, 4) is 0 Å². The molecule has 0 aliphatic rings. The number of hydrogen-bond acceptors (Lipinski definition) is 4. The van der Waals surface area contributed by atoms with Gasteiger partial charge in [0.2, 0.25) is 0 Å². The molecule has 0 saturated heterocycles. The Hall–Kier alpha value is -0.720. The van der Waals surface area contributed by atoms with Gasteiger partial charge in [-0.3, -0.25) is 4.68 Å². The van der Waals surface area contributed by atoms with E-state index in [0.717, 1.165) is 15.2 Å². The molecule has 0 fully saturated rings. The zero-order chi connectivity index (χ0) is 10.8. The van der Waals surface area contributed by atoms with Crippen molar-refractivity contribution in [1.82, 2.24) is 14.8 Å². The van der Waals surface area contributed by atoms with Crippen LogP contribution in [0.5, 0.6) is 0 Å². The first-order chi connectivity index (χ1) is 7.18. The Morgan fingerprint density at radius 2 is 2.47 bits per heavy atom. The molecule has 80 valence electrons. The van der Waals surface area contributed by atoms with Crippen LogP contribution >= 0.6 is 27.3 Å². The minimum atomic E-state index is -0.0257. The van der Waals surface area contributed by atoms with Crippen molar-refractivity contribution in [3.05, 3.63) is 32.9 Å². The largest absolute Gasteiger partial charge is 0.323 e. The summed E-state index contributed by atoms with van der Waals surface area (Å²) in [7, 11) is 1.87. The predicted molar refractivity (Wildman–Crippen MR) is 63.7 cm³/mol. The van der Waals surface area contributed by atoms with Crippen molar-refractivity contribution in [2.75, 3.05) is 0 Å². The SMILES string of the molecule is Cn1ncnc1CC(N)c1sccc1Br. The molecule has 1 unspecified atom stereocenters. The zero-order valence-electron chi connectivity index (χ0n) is 8.22. The molecule has 0 aromatic carbocycles. The Bertz CT molecular complexity index is 450. The van der Waals surface area contributed by atoms with Gasteiger partial charge in [0.25, 0.3) is 0 Å². The first-order valence-corrected chi connectivity index (χ1v) is 6.17. The van der Waals surface area contributed by atoms with E-state index in [1.165, 1.54) is 0 Å². The van der Waals surface area contributed by atoms with Gasteiger partial charge in [-0.25, -0.2) is 4.98 Å². The summed E-state index contributed by atoms with van der Waals surface area (Å²) in [6, 6.07) is 1.98. The molecule has 0 radical (unpaired) electrons. The minimum Gasteiger partial charge on any atom is -0.323 e. The van der Waals surface area contributed by atoms with Crippen molar-refractivity contribution in [1.29, 1.82) is 0 Å². The number of rotatable bonds is 3. The maximum Gasteiger partial charge on any atom is 0.138 e. The molecular weight excluding hydrogens is 276 g/mol. The summed E-state index contributed by atoms with van der Waals surface area (Å²) in [5.41, 5.74) is 6.10. The highest BCUT2D eigenvalue weighted by atomic mass is 79.9. The Morgan fingerprint density at radius 3 is 3.00 bits per heavy atom. The van der Waals surface area contributed by atoms with E-state index in [1.807, 2.05) is 18.5 Å². The lowest BCUT2D eigenvalue weighted by molar-refractivity contribution is 0.634. The molecule has 2 aromatic rings. The van der Waals surface area contributed by atoms with Gasteiger partial charge in [-0.2, -0.15) is 5.10 Å². The number of aryl methyl sites for hydroxylation is 1. The molecule has 2 heterocycles. The lowest BCUT2D eigenvalue weighted by Gasteiger charge is -2.09. The van der Waals surface area contributed by atoms with E-state index in [9.17, 15) is 0 Å². The molecular formula is C9H11BrN4S. The van der Waals surface area contributed by atoms with Crippen molar-refractivity contribution in [2.24, 2.45) is 12.8 Å². The highest BCUT2D eigenvalue weighted by Crippen LogP contribution is 2.29. The van der Waals surface area contributed by atoms with Crippen molar-refractivity contribution >= 4 is 27.3 Å². The Balaban J connectivity index is 2.14. The highest BCUT2D eigenvalue weighted by Gasteiger charge is 2.14. The number of halogens is 1. The molecule has 15 heavy (non-hydrogen) atoms. The normalized spacial score (nSPS) is 13.0. The molecule has 6 heteroatoms. The second-order valence-electron chi connectivity index (χ2n) is 3.24. The standard InChI is InChI=1S/C9H11BrN4S/c1-14-8(12-5-13-14)4-7(11)9-6(10)2-3-15-9/h2-3,5,7H,4,11H2,1H3. The quantitative estimate of drug-likeness (QED) is 0.937. The fraction of sp³-hybridized carbons (Fsp3) is 0.333. The average Bonchev–Trinajstić information content (AvgIpc) is 2.76. The smallest absolute Gasteiger partial charge is 0.138 e. The second kappa shape index (κ2) is 4.42. The maximum atomic E-state index is 6.10. The Morgan fingerprint density at radius 1 is 1.67 bits per heavy atom. The van der Waals surface area contributed by atoms with E-state index in [4.69, 9.17) is 5.73 Å². The summed E-state index contributed by atoms with van der Waals surface area (Å²) >= 11 is 5.13. The van der Waals surface area contributed by atoms with Crippen molar-refractivity contribution in [2.45, 2.75) is 12.5 Å². The van der Waals surface area contributed by atoms with E-state index in [2.05, 4.69) is 26.0 Å². The lowest BCUT2D eigenvalue weighted by Crippen LogP contribution is -2.15.